The third-order valence-electron chi connectivity index (χ3n) is 3.05. The molecule has 2 unspecified atom stereocenters. The van der Waals surface area contributed by atoms with Gasteiger partial charge in [-0.25, -0.2) is 0 Å². The first-order valence-corrected chi connectivity index (χ1v) is 6.50. The summed E-state index contributed by atoms with van der Waals surface area (Å²) < 4.78 is 38.8. The normalized spacial score (nSPS) is 14.2. The lowest BCUT2D eigenvalue weighted by Crippen LogP contribution is -2.28. The minimum Gasteiger partial charge on any atom is -0.390 e. The molecule has 0 radical (unpaired) electrons. The molecule has 0 saturated carbocycles. The van der Waals surface area contributed by atoms with Gasteiger partial charge in [-0.15, -0.1) is 0 Å². The Morgan fingerprint density at radius 3 is 2.48 bits per heavy atom. The summed E-state index contributed by atoms with van der Waals surface area (Å²) in [6.07, 6.45) is -8.69. The summed E-state index contributed by atoms with van der Waals surface area (Å²) in [4.78, 5) is 20.5. The summed E-state index contributed by atoms with van der Waals surface area (Å²) in [5.74, 6) is -0.405. The van der Waals surface area contributed by atoms with Crippen LogP contribution >= 0.6 is 0 Å². The van der Waals surface area contributed by atoms with Crippen molar-refractivity contribution in [2.75, 3.05) is 6.54 Å². The number of nitrogens with zero attached hydrogens (tertiary/aromatic N) is 1. The minimum absolute atomic E-state index is 0.0656. The summed E-state index contributed by atoms with van der Waals surface area (Å²) in [6.45, 7) is 1.15. The Labute approximate surface area is 128 Å². The second kappa shape index (κ2) is 7.38. The molecule has 0 saturated heterocycles. The number of carbonyl (C=O) groups is 1. The van der Waals surface area contributed by atoms with E-state index in [-0.39, 0.29) is 13.0 Å². The highest BCUT2D eigenvalue weighted by Crippen LogP contribution is 2.37. The number of carbonyl (C=O) groups excluding carboxylic acids is 1. The van der Waals surface area contributed by atoms with E-state index in [0.29, 0.717) is 18.2 Å². The van der Waals surface area contributed by atoms with E-state index < -0.39 is 46.0 Å². The van der Waals surface area contributed by atoms with Gasteiger partial charge in [-0.3, -0.25) is 14.9 Å². The molecule has 0 aliphatic rings. The van der Waals surface area contributed by atoms with Gasteiger partial charge in [-0.2, -0.15) is 13.2 Å². The van der Waals surface area contributed by atoms with Crippen molar-refractivity contribution < 1.29 is 33.1 Å². The molecule has 3 N–H and O–H groups in total. The number of amides is 1. The van der Waals surface area contributed by atoms with Gasteiger partial charge in [0.15, 0.2) is 0 Å². The molecule has 0 bridgehead atoms. The summed E-state index contributed by atoms with van der Waals surface area (Å²) in [5.41, 5.74) is -2.70. The summed E-state index contributed by atoms with van der Waals surface area (Å²) in [7, 11) is 0. The first-order valence-electron chi connectivity index (χ1n) is 6.50. The molecule has 0 aromatic heterocycles. The number of non-ortho nitro benzene ring substituents is 1. The molecule has 1 rings (SSSR count). The molecule has 2 atom stereocenters. The van der Waals surface area contributed by atoms with E-state index in [2.05, 4.69) is 5.32 Å². The average molecular weight is 336 g/mol. The molecule has 10 heteroatoms. The minimum atomic E-state index is -4.84. The van der Waals surface area contributed by atoms with Gasteiger partial charge in [-0.05, 0) is 12.5 Å². The lowest BCUT2D eigenvalue weighted by atomic mass is 9.96. The maximum atomic E-state index is 12.9. The molecule has 0 aliphatic carbocycles. The predicted octanol–water partition coefficient (Wildman–Crippen LogP) is 1.53. The third kappa shape index (κ3) is 5.18. The zero-order chi connectivity index (χ0) is 17.8. The molecule has 0 aliphatic heterocycles. The summed E-state index contributed by atoms with van der Waals surface area (Å²) in [5, 5.41) is 32.7. The van der Waals surface area contributed by atoms with Gasteiger partial charge in [0.1, 0.15) is 6.10 Å². The first kappa shape index (κ1) is 18.8. The lowest BCUT2D eigenvalue weighted by molar-refractivity contribution is -0.385. The van der Waals surface area contributed by atoms with Gasteiger partial charge in [0.25, 0.3) is 5.69 Å². The van der Waals surface area contributed by atoms with Gasteiger partial charge in [0.05, 0.1) is 16.6 Å². The smallest absolute Gasteiger partial charge is 0.390 e. The van der Waals surface area contributed by atoms with Crippen molar-refractivity contribution in [3.8, 4) is 0 Å². The van der Waals surface area contributed by atoms with Crippen LogP contribution in [0.25, 0.3) is 0 Å². The van der Waals surface area contributed by atoms with Gasteiger partial charge in [-0.1, -0.05) is 0 Å². The molecular weight excluding hydrogens is 321 g/mol. The second-order valence-corrected chi connectivity index (χ2v) is 4.81. The Hall–Kier alpha value is -2.20. The van der Waals surface area contributed by atoms with E-state index in [0.717, 1.165) is 0 Å². The van der Waals surface area contributed by atoms with Gasteiger partial charge < -0.3 is 15.5 Å². The van der Waals surface area contributed by atoms with Crippen molar-refractivity contribution in [1.82, 2.24) is 5.32 Å². The Balaban J connectivity index is 3.08. The van der Waals surface area contributed by atoms with E-state index in [4.69, 9.17) is 0 Å². The Kier molecular flexibility index (Phi) is 6.05. The Bertz CT molecular complexity index is 591. The van der Waals surface area contributed by atoms with Crippen molar-refractivity contribution in [2.45, 2.75) is 31.7 Å². The Morgan fingerprint density at radius 1 is 1.39 bits per heavy atom. The van der Waals surface area contributed by atoms with E-state index in [1.807, 2.05) is 0 Å². The second-order valence-electron chi connectivity index (χ2n) is 4.81. The fraction of sp³-hybridized carbons (Fsp3) is 0.462. The zero-order valence-corrected chi connectivity index (χ0v) is 12.0. The SMILES string of the molecule is CC(=O)NCCC(O)C(O)c1cc([N+](=O)[O-])ccc1C(F)(F)F. The molecule has 0 spiro atoms. The predicted molar refractivity (Wildman–Crippen MR) is 72.4 cm³/mol. The van der Waals surface area contributed by atoms with Crippen molar-refractivity contribution in [3.05, 3.63) is 39.4 Å². The number of alkyl halides is 3. The highest BCUT2D eigenvalue weighted by molar-refractivity contribution is 5.72. The number of aliphatic hydroxyl groups excluding tert-OH is 2. The van der Waals surface area contributed by atoms with Crippen LogP contribution in [0, 0.1) is 10.1 Å². The summed E-state index contributed by atoms with van der Waals surface area (Å²) >= 11 is 0. The number of hydrogen-bond donors (Lipinski definition) is 3. The molecular formula is C13H15F3N2O5. The lowest BCUT2D eigenvalue weighted by Gasteiger charge is -2.21. The summed E-state index contributed by atoms with van der Waals surface area (Å²) in [6, 6.07) is 1.73. The van der Waals surface area contributed by atoms with Crippen LogP contribution in [0.3, 0.4) is 0 Å². The molecule has 7 nitrogen and oxygen atoms in total. The zero-order valence-electron chi connectivity index (χ0n) is 12.0. The fourth-order valence-corrected chi connectivity index (χ4v) is 1.93. The van der Waals surface area contributed by atoms with Crippen LogP contribution in [0.15, 0.2) is 18.2 Å². The monoisotopic (exact) mass is 336 g/mol. The third-order valence-corrected chi connectivity index (χ3v) is 3.05. The standard InChI is InChI=1S/C13H15F3N2O5/c1-7(19)17-5-4-11(20)12(21)9-6-8(18(22)23)2-3-10(9)13(14,15)16/h2-3,6,11-12,20-21H,4-5H2,1H3,(H,17,19). The van der Waals surface area contributed by atoms with Gasteiger partial charge in [0.2, 0.25) is 5.91 Å². The molecule has 23 heavy (non-hydrogen) atoms. The number of rotatable bonds is 6. The number of nitro benzene ring substituents is 1. The van der Waals surface area contributed by atoms with E-state index >= 15 is 0 Å². The first-order chi connectivity index (χ1) is 10.5. The molecule has 1 amide bonds. The number of hydrogen-bond acceptors (Lipinski definition) is 5. The molecule has 1 aromatic rings. The number of halogens is 3. The van der Waals surface area contributed by atoms with Crippen LogP contribution in [0.2, 0.25) is 0 Å². The molecule has 128 valence electrons. The van der Waals surface area contributed by atoms with Crippen LogP contribution < -0.4 is 5.32 Å². The Morgan fingerprint density at radius 2 is 2.00 bits per heavy atom. The van der Waals surface area contributed by atoms with Crippen LogP contribution in [0.5, 0.6) is 0 Å². The van der Waals surface area contributed by atoms with Gasteiger partial charge in [0, 0.05) is 31.2 Å². The van der Waals surface area contributed by atoms with Gasteiger partial charge >= 0.3 is 6.18 Å². The fourth-order valence-electron chi connectivity index (χ4n) is 1.93. The van der Waals surface area contributed by atoms with E-state index in [9.17, 15) is 38.3 Å². The topological polar surface area (TPSA) is 113 Å². The quantitative estimate of drug-likeness (QED) is 0.539. The molecule has 0 fully saturated rings. The van der Waals surface area contributed by atoms with Crippen molar-refractivity contribution in [2.24, 2.45) is 0 Å². The van der Waals surface area contributed by atoms with Crippen LogP contribution in [-0.4, -0.2) is 33.7 Å². The van der Waals surface area contributed by atoms with E-state index in [1.165, 1.54) is 6.92 Å². The number of nitro groups is 1. The number of benzene rings is 1. The van der Waals surface area contributed by atoms with Crippen LogP contribution in [-0.2, 0) is 11.0 Å². The highest BCUT2D eigenvalue weighted by Gasteiger charge is 2.37. The van der Waals surface area contributed by atoms with Crippen molar-refractivity contribution >= 4 is 11.6 Å². The van der Waals surface area contributed by atoms with Crippen molar-refractivity contribution in [1.29, 1.82) is 0 Å². The van der Waals surface area contributed by atoms with Crippen LogP contribution in [0.4, 0.5) is 18.9 Å². The maximum Gasteiger partial charge on any atom is 0.416 e. The van der Waals surface area contributed by atoms with Crippen molar-refractivity contribution in [3.63, 3.8) is 0 Å². The number of aliphatic hydroxyl groups is 2. The maximum absolute atomic E-state index is 12.9. The highest BCUT2D eigenvalue weighted by atomic mass is 19.4. The average Bonchev–Trinajstić information content (AvgIpc) is 2.44. The van der Waals surface area contributed by atoms with E-state index in [1.54, 1.807) is 0 Å². The molecule has 1 aromatic carbocycles. The largest absolute Gasteiger partial charge is 0.416 e. The van der Waals surface area contributed by atoms with Crippen LogP contribution in [0.1, 0.15) is 30.6 Å². The number of nitrogens with one attached hydrogen (secondary N) is 1. The molecule has 0 heterocycles.